The Bertz CT molecular complexity index is 266. The lowest BCUT2D eigenvalue weighted by atomic mass is 10.0. The van der Waals surface area contributed by atoms with E-state index in [0.29, 0.717) is 0 Å². The van der Waals surface area contributed by atoms with Crippen molar-refractivity contribution in [3.05, 3.63) is 12.2 Å². The zero-order valence-electron chi connectivity index (χ0n) is 15.8. The van der Waals surface area contributed by atoms with Crippen LogP contribution in [0.2, 0.25) is 0 Å². The highest BCUT2D eigenvalue weighted by Crippen LogP contribution is 2.12. The van der Waals surface area contributed by atoms with E-state index in [-0.39, 0.29) is 12.6 Å². The van der Waals surface area contributed by atoms with E-state index < -0.39 is 6.10 Å². The van der Waals surface area contributed by atoms with Gasteiger partial charge in [-0.05, 0) is 26.9 Å². The summed E-state index contributed by atoms with van der Waals surface area (Å²) in [6, 6.07) is -0.205. The number of allylic oxidation sites excluding steroid dienone is 1. The second kappa shape index (κ2) is 16.5. The van der Waals surface area contributed by atoms with Crippen molar-refractivity contribution < 1.29 is 10.2 Å². The van der Waals surface area contributed by atoms with E-state index in [1.165, 1.54) is 70.6 Å². The maximum absolute atomic E-state index is 9.97. The largest absolute Gasteiger partial charge is 0.395 e. The fraction of sp³-hybridized carbons (Fsp3) is 0.900. The van der Waals surface area contributed by atoms with Gasteiger partial charge in [-0.3, -0.25) is 0 Å². The molecule has 2 N–H and O–H groups in total. The predicted molar refractivity (Wildman–Crippen MR) is 101 cm³/mol. The Morgan fingerprint density at radius 3 is 1.74 bits per heavy atom. The summed E-state index contributed by atoms with van der Waals surface area (Å²) < 4.78 is 0. The van der Waals surface area contributed by atoms with Gasteiger partial charge in [-0.2, -0.15) is 0 Å². The van der Waals surface area contributed by atoms with Crippen LogP contribution in [0.3, 0.4) is 0 Å². The van der Waals surface area contributed by atoms with E-state index in [2.05, 4.69) is 13.0 Å². The number of nitrogens with zero attached hydrogens (tertiary/aromatic N) is 1. The van der Waals surface area contributed by atoms with Crippen LogP contribution in [0.4, 0.5) is 0 Å². The maximum atomic E-state index is 9.97. The van der Waals surface area contributed by atoms with Crippen LogP contribution < -0.4 is 0 Å². The number of rotatable bonds is 16. The third kappa shape index (κ3) is 13.7. The van der Waals surface area contributed by atoms with Gasteiger partial charge in [0.2, 0.25) is 0 Å². The molecule has 0 aliphatic carbocycles. The Morgan fingerprint density at radius 2 is 1.30 bits per heavy atom. The molecule has 3 nitrogen and oxygen atoms in total. The summed E-state index contributed by atoms with van der Waals surface area (Å²) >= 11 is 0. The van der Waals surface area contributed by atoms with Crippen molar-refractivity contribution in [2.45, 2.75) is 96.1 Å². The Labute approximate surface area is 144 Å². The van der Waals surface area contributed by atoms with Gasteiger partial charge in [0.05, 0.1) is 18.8 Å². The normalized spacial score (nSPS) is 14.7. The van der Waals surface area contributed by atoms with Gasteiger partial charge >= 0.3 is 0 Å². The summed E-state index contributed by atoms with van der Waals surface area (Å²) in [5, 5.41) is 19.2. The molecule has 3 heteroatoms. The minimum absolute atomic E-state index is 0.0169. The third-order valence-corrected chi connectivity index (χ3v) is 4.55. The number of aliphatic hydroxyl groups excluding tert-OH is 2. The molecule has 2 atom stereocenters. The topological polar surface area (TPSA) is 43.7 Å². The molecule has 0 rings (SSSR count). The number of hydrogen-bond donors (Lipinski definition) is 2. The van der Waals surface area contributed by atoms with Crippen molar-refractivity contribution in [2.24, 2.45) is 0 Å². The summed E-state index contributed by atoms with van der Waals surface area (Å²) in [6.45, 7) is 2.25. The number of hydrogen-bond acceptors (Lipinski definition) is 3. The van der Waals surface area contributed by atoms with E-state index in [4.69, 9.17) is 0 Å². The van der Waals surface area contributed by atoms with Crippen molar-refractivity contribution in [1.82, 2.24) is 4.90 Å². The molecule has 23 heavy (non-hydrogen) atoms. The molecule has 0 aromatic carbocycles. The molecular formula is C20H41NO2. The second-order valence-corrected chi connectivity index (χ2v) is 6.96. The van der Waals surface area contributed by atoms with Crippen molar-refractivity contribution in [2.75, 3.05) is 20.7 Å². The second-order valence-electron chi connectivity index (χ2n) is 6.96. The fourth-order valence-electron chi connectivity index (χ4n) is 2.87. The van der Waals surface area contributed by atoms with Gasteiger partial charge in [-0.1, -0.05) is 83.3 Å². The van der Waals surface area contributed by atoms with Gasteiger partial charge in [0, 0.05) is 0 Å². The van der Waals surface area contributed by atoms with Crippen LogP contribution in [0.1, 0.15) is 84.0 Å². The molecule has 138 valence electrons. The van der Waals surface area contributed by atoms with Crippen LogP contribution in [-0.4, -0.2) is 48.0 Å². The van der Waals surface area contributed by atoms with E-state index in [1.807, 2.05) is 25.1 Å². The van der Waals surface area contributed by atoms with Crippen molar-refractivity contribution in [1.29, 1.82) is 0 Å². The van der Waals surface area contributed by atoms with Gasteiger partial charge in [0.25, 0.3) is 0 Å². The first-order valence-electron chi connectivity index (χ1n) is 9.75. The molecule has 0 aromatic rings. The van der Waals surface area contributed by atoms with Gasteiger partial charge < -0.3 is 15.1 Å². The van der Waals surface area contributed by atoms with Crippen molar-refractivity contribution in [3.8, 4) is 0 Å². The summed E-state index contributed by atoms with van der Waals surface area (Å²) in [7, 11) is 3.75. The Morgan fingerprint density at radius 1 is 0.826 bits per heavy atom. The molecule has 0 amide bonds. The van der Waals surface area contributed by atoms with Crippen LogP contribution in [0.15, 0.2) is 12.2 Å². The first kappa shape index (κ1) is 22.6. The molecule has 0 bridgehead atoms. The monoisotopic (exact) mass is 327 g/mol. The zero-order valence-corrected chi connectivity index (χ0v) is 15.8. The summed E-state index contributed by atoms with van der Waals surface area (Å²) in [6.07, 6.45) is 19.3. The molecule has 0 fully saturated rings. The Kier molecular flexibility index (Phi) is 16.2. The van der Waals surface area contributed by atoms with Gasteiger partial charge in [-0.15, -0.1) is 0 Å². The molecule has 0 unspecified atom stereocenters. The Hall–Kier alpha value is -0.380. The average Bonchev–Trinajstić information content (AvgIpc) is 2.52. The van der Waals surface area contributed by atoms with Crippen LogP contribution in [0.5, 0.6) is 0 Å². The van der Waals surface area contributed by atoms with E-state index in [1.54, 1.807) is 0 Å². The minimum Gasteiger partial charge on any atom is -0.395 e. The lowest BCUT2D eigenvalue weighted by molar-refractivity contribution is 0.0672. The standard InChI is InChI=1S/C20H41NO2/c1-4-5-6-7-8-9-10-11-12-13-14-15-16-17-20(23)19(18-22)21(2)3/h16-17,19-20,22-23H,4-15,18H2,1-3H3/b17-16+/t19-,20+/m0/s1. The van der Waals surface area contributed by atoms with Crippen LogP contribution in [0, 0.1) is 0 Å². The molecule has 0 heterocycles. The molecule has 0 saturated carbocycles. The quantitative estimate of drug-likeness (QED) is 0.323. The molecule has 0 aliphatic rings. The number of unbranched alkanes of at least 4 members (excludes halogenated alkanes) is 11. The first-order valence-corrected chi connectivity index (χ1v) is 9.75. The lowest BCUT2D eigenvalue weighted by Crippen LogP contribution is -2.40. The maximum Gasteiger partial charge on any atom is 0.0898 e. The summed E-state index contributed by atoms with van der Waals surface area (Å²) in [4.78, 5) is 1.86. The summed E-state index contributed by atoms with van der Waals surface area (Å²) in [5.74, 6) is 0. The first-order chi connectivity index (χ1) is 11.1. The van der Waals surface area contributed by atoms with Gasteiger partial charge in [0.15, 0.2) is 0 Å². The zero-order chi connectivity index (χ0) is 17.3. The highest BCUT2D eigenvalue weighted by Gasteiger charge is 2.17. The van der Waals surface area contributed by atoms with Crippen molar-refractivity contribution >= 4 is 0 Å². The fourth-order valence-corrected chi connectivity index (χ4v) is 2.87. The molecule has 0 spiro atoms. The molecule has 0 aliphatic heterocycles. The van der Waals surface area contributed by atoms with E-state index in [9.17, 15) is 10.2 Å². The molecular weight excluding hydrogens is 286 g/mol. The summed E-state index contributed by atoms with van der Waals surface area (Å²) in [5.41, 5.74) is 0. The molecule has 0 aromatic heterocycles. The molecule has 0 radical (unpaired) electrons. The van der Waals surface area contributed by atoms with Gasteiger partial charge in [0.1, 0.15) is 0 Å². The smallest absolute Gasteiger partial charge is 0.0898 e. The van der Waals surface area contributed by atoms with Crippen LogP contribution >= 0.6 is 0 Å². The number of likely N-dealkylation sites (N-methyl/N-ethyl adjacent to an activating group) is 1. The number of aliphatic hydroxyl groups is 2. The highest BCUT2D eigenvalue weighted by molar-refractivity contribution is 4.94. The third-order valence-electron chi connectivity index (χ3n) is 4.55. The SMILES string of the molecule is CCCCCCCCCCCCC/C=C/[C@@H](O)[C@H](CO)N(C)C. The van der Waals surface area contributed by atoms with Crippen LogP contribution in [-0.2, 0) is 0 Å². The van der Waals surface area contributed by atoms with E-state index >= 15 is 0 Å². The van der Waals surface area contributed by atoms with Crippen LogP contribution in [0.25, 0.3) is 0 Å². The van der Waals surface area contributed by atoms with Crippen molar-refractivity contribution in [3.63, 3.8) is 0 Å². The minimum atomic E-state index is -0.581. The molecule has 0 saturated heterocycles. The Balaban J connectivity index is 3.40. The average molecular weight is 328 g/mol. The lowest BCUT2D eigenvalue weighted by Gasteiger charge is -2.25. The predicted octanol–water partition coefficient (Wildman–Crippen LogP) is 4.53. The highest BCUT2D eigenvalue weighted by atomic mass is 16.3. The van der Waals surface area contributed by atoms with Gasteiger partial charge in [-0.25, -0.2) is 0 Å². The van der Waals surface area contributed by atoms with E-state index in [0.717, 1.165) is 6.42 Å².